The fraction of sp³-hybridized carbons (Fsp3) is 0. The van der Waals surface area contributed by atoms with Crippen LogP contribution in [0.4, 0.5) is 17.1 Å². The fourth-order valence-corrected chi connectivity index (χ4v) is 0.742. The summed E-state index contributed by atoms with van der Waals surface area (Å²) in [4.78, 5) is 0. The number of nitrogens with two attached hydrogens (primary N) is 3. The summed E-state index contributed by atoms with van der Waals surface area (Å²) in [7, 11) is 0. The molecule has 1 radical (unpaired) electrons. The second-order valence-corrected chi connectivity index (χ2v) is 2.18. The highest BCUT2D eigenvalue weighted by Crippen LogP contribution is 2.21. The molecule has 0 atom stereocenters. The molecule has 1 aromatic carbocycles. The number of hydrogen-bond donors (Lipinski definition) is 3. The van der Waals surface area contributed by atoms with Crippen LogP contribution in [-0.2, 0) is 0 Å². The molecule has 0 aliphatic rings. The Morgan fingerprint density at radius 2 is 1.40 bits per heavy atom. The van der Waals surface area contributed by atoms with E-state index in [1.807, 2.05) is 0 Å². The van der Waals surface area contributed by atoms with Crippen LogP contribution in [0.15, 0.2) is 12.1 Å². The Morgan fingerprint density at radius 3 is 1.80 bits per heavy atom. The minimum absolute atomic E-state index is 0.539. The number of hydrogen-bond acceptors (Lipinski definition) is 3. The van der Waals surface area contributed by atoms with Crippen LogP contribution in [0.25, 0.3) is 0 Å². The van der Waals surface area contributed by atoms with Gasteiger partial charge < -0.3 is 17.2 Å². The van der Waals surface area contributed by atoms with Crippen LogP contribution in [0.3, 0.4) is 0 Å². The first-order valence-corrected chi connectivity index (χ1v) is 2.87. The zero-order valence-corrected chi connectivity index (χ0v) is 5.59. The molecule has 0 saturated heterocycles. The van der Waals surface area contributed by atoms with Gasteiger partial charge in [-0.05, 0) is 24.6 Å². The van der Waals surface area contributed by atoms with Crippen molar-refractivity contribution in [3.05, 3.63) is 24.6 Å². The van der Waals surface area contributed by atoms with E-state index in [2.05, 4.69) is 6.92 Å². The van der Waals surface area contributed by atoms with Crippen molar-refractivity contribution in [1.29, 1.82) is 0 Å². The molecule has 0 bridgehead atoms. The van der Waals surface area contributed by atoms with Gasteiger partial charge in [-0.15, -0.1) is 0 Å². The lowest BCUT2D eigenvalue weighted by molar-refractivity contribution is 1.58. The van der Waals surface area contributed by atoms with E-state index in [1.54, 1.807) is 12.1 Å². The Bertz CT molecular complexity index is 232. The first-order chi connectivity index (χ1) is 4.61. The van der Waals surface area contributed by atoms with Gasteiger partial charge in [0.2, 0.25) is 0 Å². The van der Waals surface area contributed by atoms with E-state index in [1.165, 1.54) is 0 Å². The molecule has 1 aromatic rings. The molecule has 0 aliphatic heterocycles. The summed E-state index contributed by atoms with van der Waals surface area (Å²) in [5, 5.41) is 0. The Balaban J connectivity index is 3.31. The first kappa shape index (κ1) is 6.74. The molecule has 0 heterocycles. The number of rotatable bonds is 0. The molecule has 53 valence electrons. The Morgan fingerprint density at radius 1 is 1.00 bits per heavy atom. The van der Waals surface area contributed by atoms with Crippen molar-refractivity contribution >= 4 is 17.1 Å². The summed E-state index contributed by atoms with van der Waals surface area (Å²) in [5.41, 5.74) is 18.7. The predicted octanol–water partition coefficient (Wildman–Crippen LogP) is 0.615. The molecule has 0 amide bonds. The third-order valence-electron chi connectivity index (χ3n) is 1.34. The van der Waals surface area contributed by atoms with Crippen molar-refractivity contribution in [2.45, 2.75) is 0 Å². The zero-order chi connectivity index (χ0) is 7.72. The van der Waals surface area contributed by atoms with Gasteiger partial charge in [-0.3, -0.25) is 0 Å². The molecule has 10 heavy (non-hydrogen) atoms. The molecule has 0 fully saturated rings. The van der Waals surface area contributed by atoms with Crippen molar-refractivity contribution in [3.8, 4) is 0 Å². The quantitative estimate of drug-likeness (QED) is 0.457. The fourth-order valence-electron chi connectivity index (χ4n) is 0.742. The smallest absolute Gasteiger partial charge is 0.0388 e. The third kappa shape index (κ3) is 0.978. The zero-order valence-electron chi connectivity index (χ0n) is 5.59. The number of nitrogen functional groups attached to an aromatic ring is 3. The van der Waals surface area contributed by atoms with Crippen LogP contribution in [0.5, 0.6) is 0 Å². The van der Waals surface area contributed by atoms with Gasteiger partial charge in [0.15, 0.2) is 0 Å². The average Bonchev–Trinajstić information content (AvgIpc) is 1.82. The van der Waals surface area contributed by atoms with Gasteiger partial charge in [0, 0.05) is 17.1 Å². The van der Waals surface area contributed by atoms with Gasteiger partial charge in [0.1, 0.15) is 0 Å². The summed E-state index contributed by atoms with van der Waals surface area (Å²) in [6, 6.07) is 3.28. The molecule has 6 N–H and O–H groups in total. The van der Waals surface area contributed by atoms with Gasteiger partial charge >= 0.3 is 0 Å². The van der Waals surface area contributed by atoms with E-state index in [4.69, 9.17) is 17.2 Å². The van der Waals surface area contributed by atoms with Crippen LogP contribution < -0.4 is 17.2 Å². The Labute approximate surface area is 59.8 Å². The van der Waals surface area contributed by atoms with Crippen molar-refractivity contribution in [3.63, 3.8) is 0 Å². The maximum Gasteiger partial charge on any atom is 0.0388 e. The minimum atomic E-state index is 0.539. The lowest BCUT2D eigenvalue weighted by Gasteiger charge is -2.04. The van der Waals surface area contributed by atoms with Crippen LogP contribution in [0.2, 0.25) is 0 Å². The third-order valence-corrected chi connectivity index (χ3v) is 1.34. The number of benzene rings is 1. The molecule has 3 nitrogen and oxygen atoms in total. The molecule has 0 unspecified atom stereocenters. The summed E-state index contributed by atoms with van der Waals surface area (Å²) < 4.78 is 0. The van der Waals surface area contributed by atoms with Crippen molar-refractivity contribution in [2.75, 3.05) is 17.2 Å². The van der Waals surface area contributed by atoms with Gasteiger partial charge in [0.25, 0.3) is 0 Å². The van der Waals surface area contributed by atoms with E-state index in [-0.39, 0.29) is 0 Å². The number of anilines is 3. The molecule has 0 aliphatic carbocycles. The molecule has 1 rings (SSSR count). The molecular weight excluding hydrogens is 126 g/mol. The van der Waals surface area contributed by atoms with E-state index in [0.29, 0.717) is 22.6 Å². The van der Waals surface area contributed by atoms with Gasteiger partial charge in [-0.1, -0.05) is 0 Å². The Kier molecular flexibility index (Phi) is 1.41. The standard InChI is InChI=1S/C7H10N3/c1-4-6(9)2-5(8)3-7(4)10/h2-3H,1,8-10H2. The SMILES string of the molecule is [CH2]c1c(N)cc(N)cc1N. The summed E-state index contributed by atoms with van der Waals surface area (Å²) >= 11 is 0. The lowest BCUT2D eigenvalue weighted by Crippen LogP contribution is -1.98. The summed E-state index contributed by atoms with van der Waals surface area (Å²) in [6.45, 7) is 3.66. The molecule has 0 aromatic heterocycles. The van der Waals surface area contributed by atoms with Crippen LogP contribution >= 0.6 is 0 Å². The molecule has 0 saturated carbocycles. The predicted molar refractivity (Wildman–Crippen MR) is 44.1 cm³/mol. The van der Waals surface area contributed by atoms with Crippen LogP contribution in [0, 0.1) is 6.92 Å². The minimum Gasteiger partial charge on any atom is -0.399 e. The van der Waals surface area contributed by atoms with Gasteiger partial charge in [-0.25, -0.2) is 0 Å². The molecular formula is C7H10N3. The highest BCUT2D eigenvalue weighted by atomic mass is 14.7. The van der Waals surface area contributed by atoms with Gasteiger partial charge in [0.05, 0.1) is 0 Å². The van der Waals surface area contributed by atoms with E-state index < -0.39 is 0 Å². The van der Waals surface area contributed by atoms with E-state index >= 15 is 0 Å². The van der Waals surface area contributed by atoms with Crippen molar-refractivity contribution in [1.82, 2.24) is 0 Å². The van der Waals surface area contributed by atoms with Crippen LogP contribution in [0.1, 0.15) is 5.56 Å². The van der Waals surface area contributed by atoms with E-state index in [0.717, 1.165) is 0 Å². The first-order valence-electron chi connectivity index (χ1n) is 2.87. The monoisotopic (exact) mass is 136 g/mol. The highest BCUT2D eigenvalue weighted by Gasteiger charge is 1.98. The van der Waals surface area contributed by atoms with Gasteiger partial charge in [-0.2, -0.15) is 0 Å². The average molecular weight is 136 g/mol. The van der Waals surface area contributed by atoms with E-state index in [9.17, 15) is 0 Å². The van der Waals surface area contributed by atoms with Crippen molar-refractivity contribution in [2.24, 2.45) is 0 Å². The second-order valence-electron chi connectivity index (χ2n) is 2.18. The lowest BCUT2D eigenvalue weighted by atomic mass is 10.1. The normalized spacial score (nSPS) is 9.70. The second kappa shape index (κ2) is 2.10. The highest BCUT2D eigenvalue weighted by molar-refractivity contribution is 5.69. The largest absolute Gasteiger partial charge is 0.399 e. The van der Waals surface area contributed by atoms with Crippen LogP contribution in [-0.4, -0.2) is 0 Å². The molecule has 0 spiro atoms. The summed E-state index contributed by atoms with van der Waals surface area (Å²) in [5.74, 6) is 0. The summed E-state index contributed by atoms with van der Waals surface area (Å²) in [6.07, 6.45) is 0. The van der Waals surface area contributed by atoms with Crippen molar-refractivity contribution < 1.29 is 0 Å². The maximum absolute atomic E-state index is 5.50. The molecule has 3 heteroatoms. The topological polar surface area (TPSA) is 78.1 Å². The Hall–Kier alpha value is -1.38. The maximum atomic E-state index is 5.50.